The lowest BCUT2D eigenvalue weighted by molar-refractivity contribution is 0.182. The van der Waals surface area contributed by atoms with Gasteiger partial charge < -0.3 is 15.0 Å². The van der Waals surface area contributed by atoms with Gasteiger partial charge >= 0.3 is 0 Å². The second-order valence-corrected chi connectivity index (χ2v) is 4.83. The van der Waals surface area contributed by atoms with Crippen molar-refractivity contribution in [2.24, 2.45) is 7.05 Å². The molecule has 2 N–H and O–H groups in total. The molecule has 0 aliphatic heterocycles. The Morgan fingerprint density at radius 3 is 2.72 bits per heavy atom. The van der Waals surface area contributed by atoms with Gasteiger partial charge in [-0.1, -0.05) is 12.1 Å². The highest BCUT2D eigenvalue weighted by atomic mass is 16.3. The number of aliphatic hydroxyl groups excluding tert-OH is 1. The van der Waals surface area contributed by atoms with Crippen molar-refractivity contribution >= 4 is 11.0 Å². The second-order valence-electron chi connectivity index (χ2n) is 4.83. The lowest BCUT2D eigenvalue weighted by Crippen LogP contribution is -2.24. The summed E-state index contributed by atoms with van der Waals surface area (Å²) in [5, 5.41) is 12.6. The minimum Gasteiger partial charge on any atom is -0.393 e. The second kappa shape index (κ2) is 5.50. The molecule has 1 aromatic heterocycles. The van der Waals surface area contributed by atoms with E-state index in [1.807, 2.05) is 25.2 Å². The van der Waals surface area contributed by atoms with Gasteiger partial charge in [0.05, 0.1) is 23.2 Å². The first-order valence-corrected chi connectivity index (χ1v) is 6.42. The van der Waals surface area contributed by atoms with Gasteiger partial charge in [0.15, 0.2) is 0 Å². The minimum atomic E-state index is -0.259. The van der Waals surface area contributed by atoms with Crippen molar-refractivity contribution in [3.8, 4) is 0 Å². The zero-order chi connectivity index (χ0) is 13.1. The molecule has 18 heavy (non-hydrogen) atoms. The van der Waals surface area contributed by atoms with Crippen LogP contribution in [0.25, 0.3) is 11.0 Å². The molecule has 0 spiro atoms. The third-order valence-electron chi connectivity index (χ3n) is 3.22. The minimum absolute atomic E-state index is 0.182. The lowest BCUT2D eigenvalue weighted by atomic mass is 10.2. The number of hydrogen-bond acceptors (Lipinski definition) is 3. The van der Waals surface area contributed by atoms with Crippen LogP contribution in [-0.4, -0.2) is 27.3 Å². The van der Waals surface area contributed by atoms with E-state index in [1.54, 1.807) is 6.92 Å². The van der Waals surface area contributed by atoms with E-state index in [0.29, 0.717) is 0 Å². The van der Waals surface area contributed by atoms with Crippen LogP contribution >= 0.6 is 0 Å². The molecular formula is C14H21N3O. The van der Waals surface area contributed by atoms with Crippen molar-refractivity contribution in [1.29, 1.82) is 0 Å². The summed E-state index contributed by atoms with van der Waals surface area (Å²) >= 11 is 0. The van der Waals surface area contributed by atoms with E-state index in [-0.39, 0.29) is 12.1 Å². The van der Waals surface area contributed by atoms with Gasteiger partial charge in [-0.25, -0.2) is 4.98 Å². The molecule has 0 saturated heterocycles. The fraction of sp³-hybridized carbons (Fsp3) is 0.500. The molecule has 2 aromatic rings. The summed E-state index contributed by atoms with van der Waals surface area (Å²) in [6.45, 7) is 4.70. The summed E-state index contributed by atoms with van der Waals surface area (Å²) in [7, 11) is 2.04. The first kappa shape index (κ1) is 13.1. The standard InChI is InChI=1S/C14H21N3O/c1-10(18)8-9-15-11(2)14-16-12-6-4-5-7-13(12)17(14)3/h4-7,10-11,15,18H,8-9H2,1-3H3. The van der Waals surface area contributed by atoms with E-state index in [9.17, 15) is 5.11 Å². The molecule has 0 bridgehead atoms. The molecule has 2 rings (SSSR count). The van der Waals surface area contributed by atoms with E-state index >= 15 is 0 Å². The van der Waals surface area contributed by atoms with Gasteiger partial charge in [-0.15, -0.1) is 0 Å². The molecule has 4 heteroatoms. The van der Waals surface area contributed by atoms with Crippen molar-refractivity contribution in [2.45, 2.75) is 32.4 Å². The van der Waals surface area contributed by atoms with Gasteiger partial charge in [0.1, 0.15) is 5.82 Å². The number of hydrogen-bond donors (Lipinski definition) is 2. The van der Waals surface area contributed by atoms with Gasteiger partial charge in [-0.2, -0.15) is 0 Å². The van der Waals surface area contributed by atoms with Crippen LogP contribution < -0.4 is 5.32 Å². The summed E-state index contributed by atoms with van der Waals surface area (Å²) in [5.41, 5.74) is 2.18. The van der Waals surface area contributed by atoms with Crippen LogP contribution in [0.4, 0.5) is 0 Å². The number of fused-ring (bicyclic) bond motifs is 1. The number of rotatable bonds is 5. The summed E-state index contributed by atoms with van der Waals surface area (Å²) in [5.74, 6) is 1.03. The molecular weight excluding hydrogens is 226 g/mol. The largest absolute Gasteiger partial charge is 0.393 e. The van der Waals surface area contributed by atoms with Gasteiger partial charge in [0, 0.05) is 7.05 Å². The average molecular weight is 247 g/mol. The Kier molecular flexibility index (Phi) is 3.99. The van der Waals surface area contributed by atoms with E-state index in [4.69, 9.17) is 0 Å². The van der Waals surface area contributed by atoms with E-state index < -0.39 is 0 Å². The maximum absolute atomic E-state index is 9.24. The van der Waals surface area contributed by atoms with Crippen LogP contribution in [0.3, 0.4) is 0 Å². The molecule has 98 valence electrons. The highest BCUT2D eigenvalue weighted by Gasteiger charge is 2.13. The number of aliphatic hydroxyl groups is 1. The third kappa shape index (κ3) is 2.71. The fourth-order valence-corrected chi connectivity index (χ4v) is 2.15. The highest BCUT2D eigenvalue weighted by Crippen LogP contribution is 2.18. The molecule has 0 aliphatic carbocycles. The van der Waals surface area contributed by atoms with Crippen molar-refractivity contribution in [3.05, 3.63) is 30.1 Å². The number of aryl methyl sites for hydroxylation is 1. The quantitative estimate of drug-likeness (QED) is 0.849. The van der Waals surface area contributed by atoms with Crippen LogP contribution in [0.2, 0.25) is 0 Å². The van der Waals surface area contributed by atoms with Gasteiger partial charge in [-0.3, -0.25) is 0 Å². The molecule has 1 aromatic carbocycles. The van der Waals surface area contributed by atoms with Crippen molar-refractivity contribution < 1.29 is 5.11 Å². The predicted molar refractivity (Wildman–Crippen MR) is 73.4 cm³/mol. The summed E-state index contributed by atoms with van der Waals surface area (Å²) < 4.78 is 2.12. The number of nitrogens with zero attached hydrogens (tertiary/aromatic N) is 2. The molecule has 2 unspecified atom stereocenters. The topological polar surface area (TPSA) is 50.1 Å². The molecule has 1 heterocycles. The molecule has 0 fully saturated rings. The highest BCUT2D eigenvalue weighted by molar-refractivity contribution is 5.75. The number of benzene rings is 1. The summed E-state index contributed by atoms with van der Waals surface area (Å²) in [6.07, 6.45) is 0.499. The fourth-order valence-electron chi connectivity index (χ4n) is 2.15. The normalized spacial score (nSPS) is 14.9. The third-order valence-corrected chi connectivity index (χ3v) is 3.22. The molecule has 4 nitrogen and oxygen atoms in total. The lowest BCUT2D eigenvalue weighted by Gasteiger charge is -2.14. The average Bonchev–Trinajstić information content (AvgIpc) is 2.67. The van der Waals surface area contributed by atoms with E-state index in [2.05, 4.69) is 27.9 Å². The Labute approximate surface area is 108 Å². The molecule has 0 aliphatic rings. The SMILES string of the molecule is CC(O)CCNC(C)c1nc2ccccc2n1C. The summed E-state index contributed by atoms with van der Waals surface area (Å²) in [4.78, 5) is 4.65. The maximum atomic E-state index is 9.24. The zero-order valence-corrected chi connectivity index (χ0v) is 11.2. The van der Waals surface area contributed by atoms with E-state index in [0.717, 1.165) is 29.8 Å². The van der Waals surface area contributed by atoms with Crippen molar-refractivity contribution in [2.75, 3.05) is 6.54 Å². The monoisotopic (exact) mass is 247 g/mol. The first-order valence-electron chi connectivity index (χ1n) is 6.42. The van der Waals surface area contributed by atoms with Gasteiger partial charge in [0.2, 0.25) is 0 Å². The van der Waals surface area contributed by atoms with Crippen LogP contribution in [0.15, 0.2) is 24.3 Å². The maximum Gasteiger partial charge on any atom is 0.126 e. The molecule has 0 amide bonds. The number of nitrogens with one attached hydrogen (secondary N) is 1. The van der Waals surface area contributed by atoms with Crippen LogP contribution in [-0.2, 0) is 7.05 Å². The van der Waals surface area contributed by atoms with E-state index in [1.165, 1.54) is 0 Å². The molecule has 0 saturated carbocycles. The number of aromatic nitrogens is 2. The number of imidazole rings is 1. The smallest absolute Gasteiger partial charge is 0.126 e. The Bertz CT molecular complexity index is 519. The van der Waals surface area contributed by atoms with Gasteiger partial charge in [0.25, 0.3) is 0 Å². The molecule has 2 atom stereocenters. The van der Waals surface area contributed by atoms with Crippen molar-refractivity contribution in [3.63, 3.8) is 0 Å². The molecule has 0 radical (unpaired) electrons. The Morgan fingerprint density at radius 2 is 2.06 bits per heavy atom. The van der Waals surface area contributed by atoms with Crippen molar-refractivity contribution in [1.82, 2.24) is 14.9 Å². The van der Waals surface area contributed by atoms with Crippen LogP contribution in [0, 0.1) is 0 Å². The first-order chi connectivity index (χ1) is 8.59. The predicted octanol–water partition coefficient (Wildman–Crippen LogP) is 1.99. The van der Waals surface area contributed by atoms with Crippen LogP contribution in [0.1, 0.15) is 32.1 Å². The van der Waals surface area contributed by atoms with Crippen LogP contribution in [0.5, 0.6) is 0 Å². The summed E-state index contributed by atoms with van der Waals surface area (Å²) in [6, 6.07) is 8.32. The Hall–Kier alpha value is -1.39. The van der Waals surface area contributed by atoms with Gasteiger partial charge in [-0.05, 0) is 38.9 Å². The number of para-hydroxylation sites is 2. The zero-order valence-electron chi connectivity index (χ0n) is 11.2. The Morgan fingerprint density at radius 1 is 1.33 bits per heavy atom. The Balaban J connectivity index is 2.12.